The van der Waals surface area contributed by atoms with Crippen LogP contribution in [0, 0.1) is 5.92 Å². The van der Waals surface area contributed by atoms with Crippen LogP contribution < -0.4 is 5.73 Å². The molecule has 2 nitrogen and oxygen atoms in total. The molecule has 3 N–H and O–H groups in total. The quantitative estimate of drug-likeness (QED) is 0.895. The van der Waals surface area contributed by atoms with Crippen molar-refractivity contribution >= 4 is 39.9 Å². The van der Waals surface area contributed by atoms with Crippen LogP contribution in [-0.2, 0) is 0 Å². The summed E-state index contributed by atoms with van der Waals surface area (Å²) in [5, 5.41) is 10.5. The third-order valence-electron chi connectivity index (χ3n) is 2.79. The zero-order valence-electron chi connectivity index (χ0n) is 8.57. The van der Waals surface area contributed by atoms with Gasteiger partial charge in [0.25, 0.3) is 0 Å². The van der Waals surface area contributed by atoms with E-state index in [4.69, 9.17) is 17.3 Å². The van der Waals surface area contributed by atoms with E-state index in [1.165, 1.54) is 0 Å². The van der Waals surface area contributed by atoms with E-state index in [0.29, 0.717) is 10.9 Å². The SMILES string of the molecule is Cl.N[C@@H](c1cc(Br)ccc1Cl)[C@H](O)C1CC1. The summed E-state index contributed by atoms with van der Waals surface area (Å²) in [5.74, 6) is 0.357. The molecular weight excluding hydrogens is 313 g/mol. The average Bonchev–Trinajstić information content (AvgIpc) is 3.03. The van der Waals surface area contributed by atoms with Gasteiger partial charge in [0.1, 0.15) is 0 Å². The molecule has 0 saturated heterocycles. The highest BCUT2D eigenvalue weighted by atomic mass is 79.9. The van der Waals surface area contributed by atoms with Crippen molar-refractivity contribution in [3.8, 4) is 0 Å². The molecule has 1 aliphatic carbocycles. The highest BCUT2D eigenvalue weighted by molar-refractivity contribution is 9.10. The molecule has 0 amide bonds. The smallest absolute Gasteiger partial charge is 0.0761 e. The second kappa shape index (κ2) is 5.69. The number of rotatable bonds is 3. The van der Waals surface area contributed by atoms with Crippen molar-refractivity contribution in [1.29, 1.82) is 0 Å². The van der Waals surface area contributed by atoms with Crippen molar-refractivity contribution in [2.45, 2.75) is 25.0 Å². The Kier molecular flexibility index (Phi) is 5.08. The van der Waals surface area contributed by atoms with Crippen LogP contribution in [0.1, 0.15) is 24.4 Å². The monoisotopic (exact) mass is 325 g/mol. The number of nitrogens with two attached hydrogens (primary N) is 1. The summed E-state index contributed by atoms with van der Waals surface area (Å²) in [7, 11) is 0. The highest BCUT2D eigenvalue weighted by Crippen LogP contribution is 2.38. The van der Waals surface area contributed by atoms with Crippen LogP contribution in [0.25, 0.3) is 0 Å². The molecule has 1 fully saturated rings. The summed E-state index contributed by atoms with van der Waals surface area (Å²) < 4.78 is 0.931. The zero-order chi connectivity index (χ0) is 11.0. The van der Waals surface area contributed by atoms with Gasteiger partial charge >= 0.3 is 0 Å². The summed E-state index contributed by atoms with van der Waals surface area (Å²) in [4.78, 5) is 0. The van der Waals surface area contributed by atoms with Gasteiger partial charge in [-0.05, 0) is 42.5 Å². The molecule has 0 spiro atoms. The Morgan fingerprint density at radius 3 is 2.62 bits per heavy atom. The maximum Gasteiger partial charge on any atom is 0.0761 e. The molecule has 90 valence electrons. The van der Waals surface area contributed by atoms with Crippen LogP contribution in [0.5, 0.6) is 0 Å². The fraction of sp³-hybridized carbons (Fsp3) is 0.455. The molecule has 16 heavy (non-hydrogen) atoms. The molecule has 0 aromatic heterocycles. The first-order valence-electron chi connectivity index (χ1n) is 4.98. The van der Waals surface area contributed by atoms with Crippen molar-refractivity contribution in [3.63, 3.8) is 0 Å². The first-order chi connectivity index (χ1) is 7.09. The Morgan fingerprint density at radius 1 is 1.44 bits per heavy atom. The number of aliphatic hydroxyl groups is 1. The lowest BCUT2D eigenvalue weighted by molar-refractivity contribution is 0.122. The molecule has 0 unspecified atom stereocenters. The van der Waals surface area contributed by atoms with Gasteiger partial charge in [0.15, 0.2) is 0 Å². The van der Waals surface area contributed by atoms with Gasteiger partial charge in [-0.15, -0.1) is 12.4 Å². The van der Waals surface area contributed by atoms with Crippen molar-refractivity contribution in [2.24, 2.45) is 11.7 Å². The van der Waals surface area contributed by atoms with Crippen molar-refractivity contribution in [2.75, 3.05) is 0 Å². The second-order valence-corrected chi connectivity index (χ2v) is 5.34. The second-order valence-electron chi connectivity index (χ2n) is 4.02. The molecule has 0 bridgehead atoms. The predicted octanol–water partition coefficient (Wildman–Crippen LogP) is 3.30. The van der Waals surface area contributed by atoms with Crippen LogP contribution in [-0.4, -0.2) is 11.2 Å². The number of hydrogen-bond donors (Lipinski definition) is 2. The Balaban J connectivity index is 0.00000128. The minimum atomic E-state index is -0.475. The van der Waals surface area contributed by atoms with E-state index >= 15 is 0 Å². The van der Waals surface area contributed by atoms with Gasteiger partial charge < -0.3 is 10.8 Å². The van der Waals surface area contributed by atoms with Gasteiger partial charge in [-0.1, -0.05) is 27.5 Å². The Labute approximate surface area is 115 Å². The largest absolute Gasteiger partial charge is 0.391 e. The Hall–Kier alpha value is 0.200. The lowest BCUT2D eigenvalue weighted by Gasteiger charge is -2.20. The van der Waals surface area contributed by atoms with E-state index < -0.39 is 6.10 Å². The van der Waals surface area contributed by atoms with Gasteiger partial charge in [0, 0.05) is 9.50 Å². The summed E-state index contributed by atoms with van der Waals surface area (Å²) in [6.07, 6.45) is 1.66. The van der Waals surface area contributed by atoms with Crippen LogP contribution in [0.15, 0.2) is 22.7 Å². The molecule has 2 rings (SSSR count). The number of hydrogen-bond acceptors (Lipinski definition) is 2. The van der Waals surface area contributed by atoms with Crippen LogP contribution in [0.4, 0.5) is 0 Å². The minimum Gasteiger partial charge on any atom is -0.391 e. The minimum absolute atomic E-state index is 0. The summed E-state index contributed by atoms with van der Waals surface area (Å²) in [5.41, 5.74) is 6.80. The van der Waals surface area contributed by atoms with Crippen LogP contribution in [0.3, 0.4) is 0 Å². The molecule has 0 aliphatic heterocycles. The van der Waals surface area contributed by atoms with Gasteiger partial charge in [0.05, 0.1) is 12.1 Å². The van der Waals surface area contributed by atoms with Crippen LogP contribution >= 0.6 is 39.9 Å². The summed E-state index contributed by atoms with van der Waals surface area (Å²) >= 11 is 9.42. The number of benzene rings is 1. The molecular formula is C11H14BrCl2NO. The molecule has 1 aliphatic rings. The van der Waals surface area contributed by atoms with E-state index in [-0.39, 0.29) is 18.4 Å². The van der Waals surface area contributed by atoms with E-state index in [1.807, 2.05) is 12.1 Å². The fourth-order valence-corrected chi connectivity index (χ4v) is 2.31. The predicted molar refractivity (Wildman–Crippen MR) is 72.1 cm³/mol. The fourth-order valence-electron chi connectivity index (χ4n) is 1.68. The van der Waals surface area contributed by atoms with Gasteiger partial charge in [-0.2, -0.15) is 0 Å². The van der Waals surface area contributed by atoms with Crippen molar-refractivity contribution in [1.82, 2.24) is 0 Å². The van der Waals surface area contributed by atoms with Gasteiger partial charge in [0.2, 0.25) is 0 Å². The highest BCUT2D eigenvalue weighted by Gasteiger charge is 2.34. The van der Waals surface area contributed by atoms with Gasteiger partial charge in [-0.3, -0.25) is 0 Å². The van der Waals surface area contributed by atoms with E-state index in [2.05, 4.69) is 15.9 Å². The van der Waals surface area contributed by atoms with Crippen LogP contribution in [0.2, 0.25) is 5.02 Å². The summed E-state index contributed by atoms with van der Waals surface area (Å²) in [6, 6.07) is 5.14. The third kappa shape index (κ3) is 3.11. The molecule has 0 radical (unpaired) electrons. The standard InChI is InChI=1S/C11H13BrClNO.ClH/c12-7-3-4-9(13)8(5-7)10(14)11(15)6-1-2-6;/h3-6,10-11,15H,1-2,14H2;1H/t10-,11+;/m0./s1. The van der Waals surface area contributed by atoms with Crippen molar-refractivity contribution in [3.05, 3.63) is 33.3 Å². The van der Waals surface area contributed by atoms with Gasteiger partial charge in [-0.25, -0.2) is 0 Å². The number of aliphatic hydroxyl groups excluding tert-OH is 1. The molecule has 5 heteroatoms. The Morgan fingerprint density at radius 2 is 2.06 bits per heavy atom. The van der Waals surface area contributed by atoms with E-state index in [9.17, 15) is 5.11 Å². The molecule has 1 saturated carbocycles. The van der Waals surface area contributed by atoms with E-state index in [0.717, 1.165) is 22.9 Å². The lowest BCUT2D eigenvalue weighted by atomic mass is 9.99. The first kappa shape index (κ1) is 14.3. The van der Waals surface area contributed by atoms with Crippen molar-refractivity contribution < 1.29 is 5.11 Å². The zero-order valence-corrected chi connectivity index (χ0v) is 11.7. The molecule has 2 atom stereocenters. The molecule has 1 aromatic carbocycles. The normalized spacial score (nSPS) is 18.8. The summed E-state index contributed by atoms with van der Waals surface area (Å²) in [6.45, 7) is 0. The Bertz CT molecular complexity index is 371. The molecule has 1 aromatic rings. The first-order valence-corrected chi connectivity index (χ1v) is 6.15. The third-order valence-corrected chi connectivity index (χ3v) is 3.63. The maximum absolute atomic E-state index is 9.93. The molecule has 0 heterocycles. The lowest BCUT2D eigenvalue weighted by Crippen LogP contribution is -2.28. The van der Waals surface area contributed by atoms with E-state index in [1.54, 1.807) is 6.07 Å². The maximum atomic E-state index is 9.93. The average molecular weight is 327 g/mol. The topological polar surface area (TPSA) is 46.2 Å². The number of halogens is 3.